The fourth-order valence-corrected chi connectivity index (χ4v) is 3.89. The van der Waals surface area contributed by atoms with E-state index in [4.69, 9.17) is 5.11 Å². The second kappa shape index (κ2) is 6.20. The predicted octanol–water partition coefficient (Wildman–Crippen LogP) is 5.22. The molecule has 3 aromatic rings. The number of hydrogen-bond donors (Lipinski definition) is 2. The highest BCUT2D eigenvalue weighted by atomic mass is 19.1. The van der Waals surface area contributed by atoms with Crippen LogP contribution in [-0.2, 0) is 4.79 Å². The first-order chi connectivity index (χ1) is 12.4. The van der Waals surface area contributed by atoms with Gasteiger partial charge in [0.15, 0.2) is 0 Å². The zero-order valence-electron chi connectivity index (χ0n) is 13.7. The van der Waals surface area contributed by atoms with E-state index in [0.717, 1.165) is 11.6 Å². The number of aromatic nitrogens is 1. The van der Waals surface area contributed by atoms with Crippen molar-refractivity contribution in [2.75, 3.05) is 0 Å². The molecule has 2 aromatic carbocycles. The van der Waals surface area contributed by atoms with Gasteiger partial charge in [-0.15, -0.1) is 0 Å². The SMILES string of the molecule is O=C(O)CC1CC(c2c(-c3ccc(F)cc3)[nH]c3c(F)cc(F)cc23)C1. The monoisotopic (exact) mass is 359 g/mol. The van der Waals surface area contributed by atoms with Crippen molar-refractivity contribution in [3.8, 4) is 11.3 Å². The van der Waals surface area contributed by atoms with E-state index in [1.807, 2.05) is 0 Å². The highest BCUT2D eigenvalue weighted by Gasteiger charge is 2.35. The van der Waals surface area contributed by atoms with Crippen LogP contribution in [-0.4, -0.2) is 16.1 Å². The van der Waals surface area contributed by atoms with Gasteiger partial charge in [-0.3, -0.25) is 4.79 Å². The van der Waals surface area contributed by atoms with Crippen LogP contribution in [0, 0.1) is 23.4 Å². The number of benzene rings is 2. The van der Waals surface area contributed by atoms with E-state index < -0.39 is 17.6 Å². The van der Waals surface area contributed by atoms with Crippen molar-refractivity contribution in [1.82, 2.24) is 4.98 Å². The van der Waals surface area contributed by atoms with Gasteiger partial charge >= 0.3 is 5.97 Å². The second-order valence-electron chi connectivity index (χ2n) is 6.86. The standard InChI is InChI=1S/C20H16F3NO2/c21-13-3-1-11(2-4-13)19-18(12-5-10(6-12)7-17(25)26)15-8-14(22)9-16(23)20(15)24-19/h1-4,8-10,12,24H,5-7H2,(H,25,26). The van der Waals surface area contributed by atoms with Crippen LogP contribution in [0.5, 0.6) is 0 Å². The van der Waals surface area contributed by atoms with E-state index in [0.29, 0.717) is 29.5 Å². The van der Waals surface area contributed by atoms with Crippen LogP contribution in [0.25, 0.3) is 22.2 Å². The summed E-state index contributed by atoms with van der Waals surface area (Å²) >= 11 is 0. The molecule has 3 nitrogen and oxygen atoms in total. The number of hydrogen-bond acceptors (Lipinski definition) is 1. The minimum absolute atomic E-state index is 0.00866. The van der Waals surface area contributed by atoms with Crippen molar-refractivity contribution < 1.29 is 23.1 Å². The van der Waals surface area contributed by atoms with Gasteiger partial charge in [0.2, 0.25) is 0 Å². The summed E-state index contributed by atoms with van der Waals surface area (Å²) in [7, 11) is 0. The number of halogens is 3. The van der Waals surface area contributed by atoms with Crippen LogP contribution < -0.4 is 0 Å². The molecular weight excluding hydrogens is 343 g/mol. The number of aliphatic carboxylic acids is 1. The lowest BCUT2D eigenvalue weighted by atomic mass is 9.69. The van der Waals surface area contributed by atoms with Gasteiger partial charge in [0.25, 0.3) is 0 Å². The molecule has 2 N–H and O–H groups in total. The third kappa shape index (κ3) is 2.85. The first kappa shape index (κ1) is 16.7. The highest BCUT2D eigenvalue weighted by Crippen LogP contribution is 2.49. The Morgan fingerprint density at radius 1 is 1.08 bits per heavy atom. The zero-order chi connectivity index (χ0) is 18.4. The van der Waals surface area contributed by atoms with E-state index >= 15 is 0 Å². The van der Waals surface area contributed by atoms with Crippen LogP contribution in [0.15, 0.2) is 36.4 Å². The highest BCUT2D eigenvalue weighted by molar-refractivity contribution is 5.92. The van der Waals surface area contributed by atoms with Crippen molar-refractivity contribution in [2.45, 2.75) is 25.2 Å². The second-order valence-corrected chi connectivity index (χ2v) is 6.86. The molecule has 0 aliphatic heterocycles. The molecule has 0 amide bonds. The van der Waals surface area contributed by atoms with Crippen molar-refractivity contribution in [3.05, 3.63) is 59.4 Å². The third-order valence-electron chi connectivity index (χ3n) is 5.10. The average Bonchev–Trinajstić information content (AvgIpc) is 2.90. The normalized spacial score (nSPS) is 19.5. The molecule has 26 heavy (non-hydrogen) atoms. The molecule has 0 atom stereocenters. The Morgan fingerprint density at radius 3 is 2.42 bits per heavy atom. The number of carboxylic acids is 1. The fraction of sp³-hybridized carbons (Fsp3) is 0.250. The molecule has 1 aliphatic carbocycles. The largest absolute Gasteiger partial charge is 0.481 e. The number of nitrogens with one attached hydrogen (secondary N) is 1. The summed E-state index contributed by atoms with van der Waals surface area (Å²) in [4.78, 5) is 13.9. The number of fused-ring (bicyclic) bond motifs is 1. The van der Waals surface area contributed by atoms with E-state index in [-0.39, 0.29) is 29.6 Å². The maximum absolute atomic E-state index is 14.2. The Bertz CT molecular complexity index is 988. The molecule has 1 aliphatic rings. The van der Waals surface area contributed by atoms with Gasteiger partial charge in [-0.2, -0.15) is 0 Å². The molecule has 4 rings (SSSR count). The lowest BCUT2D eigenvalue weighted by Gasteiger charge is -2.35. The van der Waals surface area contributed by atoms with Crippen LogP contribution in [0.3, 0.4) is 0 Å². The van der Waals surface area contributed by atoms with E-state index in [9.17, 15) is 18.0 Å². The molecule has 0 unspecified atom stereocenters. The summed E-state index contributed by atoms with van der Waals surface area (Å²) in [5.41, 5.74) is 2.29. The topological polar surface area (TPSA) is 53.1 Å². The molecular formula is C20H16F3NO2. The van der Waals surface area contributed by atoms with Gasteiger partial charge in [0.1, 0.15) is 17.5 Å². The Kier molecular flexibility index (Phi) is 3.98. The van der Waals surface area contributed by atoms with Crippen molar-refractivity contribution in [3.63, 3.8) is 0 Å². The first-order valence-corrected chi connectivity index (χ1v) is 8.40. The summed E-state index contributed by atoms with van der Waals surface area (Å²) in [5, 5.41) is 9.39. The molecule has 0 bridgehead atoms. The summed E-state index contributed by atoms with van der Waals surface area (Å²) in [6.45, 7) is 0. The van der Waals surface area contributed by atoms with E-state index in [1.54, 1.807) is 12.1 Å². The Balaban J connectivity index is 1.82. The molecule has 0 saturated heterocycles. The van der Waals surface area contributed by atoms with Gasteiger partial charge in [0.05, 0.1) is 11.2 Å². The molecule has 134 valence electrons. The van der Waals surface area contributed by atoms with Gasteiger partial charge in [-0.1, -0.05) is 0 Å². The maximum Gasteiger partial charge on any atom is 0.303 e. The van der Waals surface area contributed by atoms with Crippen molar-refractivity contribution in [2.24, 2.45) is 5.92 Å². The van der Waals surface area contributed by atoms with Gasteiger partial charge in [-0.25, -0.2) is 13.2 Å². The van der Waals surface area contributed by atoms with Crippen molar-refractivity contribution >= 4 is 16.9 Å². The molecule has 1 saturated carbocycles. The predicted molar refractivity (Wildman–Crippen MR) is 91.3 cm³/mol. The van der Waals surface area contributed by atoms with Gasteiger partial charge in [0, 0.05) is 17.9 Å². The molecule has 0 spiro atoms. The Labute approximate surface area is 147 Å². The van der Waals surface area contributed by atoms with Crippen LogP contribution in [0.4, 0.5) is 13.2 Å². The van der Waals surface area contributed by atoms with Crippen LogP contribution >= 0.6 is 0 Å². The number of H-pyrrole nitrogens is 1. The Morgan fingerprint density at radius 2 is 1.77 bits per heavy atom. The third-order valence-corrected chi connectivity index (χ3v) is 5.10. The Hall–Kier alpha value is -2.76. The first-order valence-electron chi connectivity index (χ1n) is 8.40. The molecule has 1 aromatic heterocycles. The van der Waals surface area contributed by atoms with E-state index in [1.165, 1.54) is 18.2 Å². The number of carbonyl (C=O) groups is 1. The van der Waals surface area contributed by atoms with Gasteiger partial charge < -0.3 is 10.1 Å². The summed E-state index contributed by atoms with van der Waals surface area (Å²) in [5.74, 6) is -2.51. The lowest BCUT2D eigenvalue weighted by Crippen LogP contribution is -2.24. The van der Waals surface area contributed by atoms with E-state index in [2.05, 4.69) is 4.98 Å². The van der Waals surface area contributed by atoms with Crippen LogP contribution in [0.2, 0.25) is 0 Å². The molecule has 0 radical (unpaired) electrons. The molecule has 1 heterocycles. The maximum atomic E-state index is 14.2. The molecule has 1 fully saturated rings. The average molecular weight is 359 g/mol. The lowest BCUT2D eigenvalue weighted by molar-refractivity contribution is -0.138. The fourth-order valence-electron chi connectivity index (χ4n) is 3.89. The summed E-state index contributed by atoms with van der Waals surface area (Å²) < 4.78 is 41.3. The quantitative estimate of drug-likeness (QED) is 0.671. The number of rotatable bonds is 4. The summed E-state index contributed by atoms with van der Waals surface area (Å²) in [6.07, 6.45) is 1.38. The van der Waals surface area contributed by atoms with Gasteiger partial charge in [-0.05, 0) is 66.1 Å². The smallest absolute Gasteiger partial charge is 0.303 e. The number of aromatic amines is 1. The zero-order valence-corrected chi connectivity index (χ0v) is 13.7. The van der Waals surface area contributed by atoms with Crippen LogP contribution in [0.1, 0.15) is 30.7 Å². The summed E-state index contributed by atoms with van der Waals surface area (Å²) in [6, 6.07) is 7.92. The minimum atomic E-state index is -0.844. The number of carboxylic acid groups (broad SMARTS) is 1. The van der Waals surface area contributed by atoms with Crippen molar-refractivity contribution in [1.29, 1.82) is 0 Å². The molecule has 6 heteroatoms. The minimum Gasteiger partial charge on any atom is -0.481 e.